The molecule has 2 heterocycles. The number of nitrogens with zero attached hydrogens (tertiary/aromatic N) is 3. The highest BCUT2D eigenvalue weighted by Gasteiger charge is 2.30. The summed E-state index contributed by atoms with van der Waals surface area (Å²) in [6.07, 6.45) is 4.29. The van der Waals surface area contributed by atoms with Crippen molar-refractivity contribution in [3.63, 3.8) is 0 Å². The van der Waals surface area contributed by atoms with Gasteiger partial charge in [0.1, 0.15) is 6.04 Å². The van der Waals surface area contributed by atoms with E-state index in [1.54, 1.807) is 12.4 Å². The lowest BCUT2D eigenvalue weighted by atomic mass is 10.2. The van der Waals surface area contributed by atoms with Gasteiger partial charge in [-0.1, -0.05) is 6.92 Å². The van der Waals surface area contributed by atoms with E-state index in [1.165, 1.54) is 0 Å². The van der Waals surface area contributed by atoms with E-state index < -0.39 is 0 Å². The highest BCUT2D eigenvalue weighted by Crippen LogP contribution is 2.15. The van der Waals surface area contributed by atoms with E-state index in [-0.39, 0.29) is 11.9 Å². The molecule has 7 heteroatoms. The zero-order valence-corrected chi connectivity index (χ0v) is 11.7. The largest absolute Gasteiger partial charge is 0.377 e. The number of morpholine rings is 1. The van der Waals surface area contributed by atoms with Crippen molar-refractivity contribution in [2.24, 2.45) is 5.73 Å². The number of hydrogen-bond acceptors (Lipinski definition) is 6. The molecule has 2 rings (SSSR count). The summed E-state index contributed by atoms with van der Waals surface area (Å²) < 4.78 is 5.40. The van der Waals surface area contributed by atoms with E-state index in [9.17, 15) is 4.79 Å². The zero-order chi connectivity index (χ0) is 14.4. The van der Waals surface area contributed by atoms with Crippen LogP contribution in [0.15, 0.2) is 12.4 Å². The number of hydrogen-bond donors (Lipinski definition) is 2. The molecule has 3 N–H and O–H groups in total. The van der Waals surface area contributed by atoms with Crippen LogP contribution in [-0.2, 0) is 16.1 Å². The molecule has 1 fully saturated rings. The maximum absolute atomic E-state index is 12.2. The Morgan fingerprint density at radius 2 is 2.30 bits per heavy atom. The topological polar surface area (TPSA) is 93.4 Å². The number of anilines is 1. The molecular weight excluding hydrogens is 258 g/mol. The molecule has 1 saturated heterocycles. The molecule has 1 aliphatic rings. The molecule has 0 saturated carbocycles. The molecule has 1 aromatic heterocycles. The van der Waals surface area contributed by atoms with Crippen molar-refractivity contribution in [3.05, 3.63) is 18.0 Å². The van der Waals surface area contributed by atoms with Crippen LogP contribution in [0.3, 0.4) is 0 Å². The summed E-state index contributed by atoms with van der Waals surface area (Å²) in [6, 6.07) is -0.376. The number of aromatic nitrogens is 2. The number of nitrogens with one attached hydrogen (secondary N) is 1. The van der Waals surface area contributed by atoms with Gasteiger partial charge in [-0.2, -0.15) is 0 Å². The molecule has 20 heavy (non-hydrogen) atoms. The van der Waals surface area contributed by atoms with E-state index in [2.05, 4.69) is 15.3 Å². The second kappa shape index (κ2) is 7.16. The molecule has 1 unspecified atom stereocenters. The number of nitrogens with two attached hydrogens (primary N) is 1. The van der Waals surface area contributed by atoms with Crippen molar-refractivity contribution < 1.29 is 9.53 Å². The third-order valence-electron chi connectivity index (χ3n) is 3.16. The van der Waals surface area contributed by atoms with Crippen LogP contribution in [0.5, 0.6) is 0 Å². The predicted molar refractivity (Wildman–Crippen MR) is 75.2 cm³/mol. The lowest BCUT2D eigenvalue weighted by Crippen LogP contribution is -2.54. The van der Waals surface area contributed by atoms with Crippen LogP contribution in [0.25, 0.3) is 0 Å². The standard InChI is InChI=1S/C13H21N5O2/c1-2-3-15-12(19)11-9-20-5-4-18(11)13-16-7-10(6-14)8-17-13/h7-8,11H,2-6,9,14H2,1H3,(H,15,19). The first-order valence-corrected chi connectivity index (χ1v) is 6.89. The monoisotopic (exact) mass is 279 g/mol. The molecule has 110 valence electrons. The Labute approximate surface area is 118 Å². The van der Waals surface area contributed by atoms with Crippen molar-refractivity contribution in [1.82, 2.24) is 15.3 Å². The highest BCUT2D eigenvalue weighted by atomic mass is 16.5. The highest BCUT2D eigenvalue weighted by molar-refractivity contribution is 5.85. The normalized spacial score (nSPS) is 18.9. The van der Waals surface area contributed by atoms with Crippen LogP contribution in [-0.4, -0.2) is 48.2 Å². The summed E-state index contributed by atoms with van der Waals surface area (Å²) in [5, 5.41) is 2.89. The second-order valence-electron chi connectivity index (χ2n) is 4.67. The van der Waals surface area contributed by atoms with E-state index in [1.807, 2.05) is 11.8 Å². The molecule has 1 amide bonds. The molecule has 0 aliphatic carbocycles. The third-order valence-corrected chi connectivity index (χ3v) is 3.16. The summed E-state index contributed by atoms with van der Waals surface area (Å²) in [5.41, 5.74) is 6.40. The fourth-order valence-corrected chi connectivity index (χ4v) is 2.03. The molecule has 7 nitrogen and oxygen atoms in total. The van der Waals surface area contributed by atoms with Gasteiger partial charge < -0.3 is 20.7 Å². The van der Waals surface area contributed by atoms with Crippen LogP contribution in [0, 0.1) is 0 Å². The SMILES string of the molecule is CCCNC(=O)C1COCCN1c1ncc(CN)cn1. The van der Waals surface area contributed by atoms with Crippen molar-refractivity contribution in [1.29, 1.82) is 0 Å². The average molecular weight is 279 g/mol. The molecule has 1 aromatic rings. The van der Waals surface area contributed by atoms with E-state index in [0.717, 1.165) is 12.0 Å². The lowest BCUT2D eigenvalue weighted by molar-refractivity contribution is -0.124. The van der Waals surface area contributed by atoms with E-state index in [0.29, 0.717) is 38.8 Å². The summed E-state index contributed by atoms with van der Waals surface area (Å²) >= 11 is 0. The van der Waals surface area contributed by atoms with Crippen LogP contribution < -0.4 is 16.0 Å². The number of amides is 1. The van der Waals surface area contributed by atoms with Crippen LogP contribution in [0.1, 0.15) is 18.9 Å². The van der Waals surface area contributed by atoms with Gasteiger partial charge in [0, 0.05) is 37.6 Å². The Hall–Kier alpha value is -1.73. The summed E-state index contributed by atoms with van der Waals surface area (Å²) in [4.78, 5) is 22.6. The first kappa shape index (κ1) is 14.7. The fourth-order valence-electron chi connectivity index (χ4n) is 2.03. The molecule has 0 spiro atoms. The van der Waals surface area contributed by atoms with Crippen molar-refractivity contribution in [2.45, 2.75) is 25.9 Å². The van der Waals surface area contributed by atoms with Gasteiger partial charge in [-0.3, -0.25) is 4.79 Å². The Morgan fingerprint density at radius 1 is 1.55 bits per heavy atom. The summed E-state index contributed by atoms with van der Waals surface area (Å²) in [7, 11) is 0. The summed E-state index contributed by atoms with van der Waals surface area (Å²) in [6.45, 7) is 4.62. The predicted octanol–water partition coefficient (Wildman–Crippen LogP) is -0.333. The van der Waals surface area contributed by atoms with Gasteiger partial charge in [-0.25, -0.2) is 9.97 Å². The number of carbonyl (C=O) groups excluding carboxylic acids is 1. The maximum atomic E-state index is 12.2. The maximum Gasteiger partial charge on any atom is 0.245 e. The van der Waals surface area contributed by atoms with Crippen molar-refractivity contribution in [2.75, 3.05) is 31.2 Å². The van der Waals surface area contributed by atoms with Crippen molar-refractivity contribution in [3.8, 4) is 0 Å². The van der Waals surface area contributed by atoms with Gasteiger partial charge in [0.25, 0.3) is 0 Å². The minimum absolute atomic E-state index is 0.0435. The minimum Gasteiger partial charge on any atom is -0.377 e. The first-order valence-electron chi connectivity index (χ1n) is 6.89. The van der Waals surface area contributed by atoms with Gasteiger partial charge in [0.15, 0.2) is 0 Å². The molecule has 1 aliphatic heterocycles. The van der Waals surface area contributed by atoms with Crippen LogP contribution in [0.2, 0.25) is 0 Å². The zero-order valence-electron chi connectivity index (χ0n) is 11.7. The Morgan fingerprint density at radius 3 is 2.95 bits per heavy atom. The quantitative estimate of drug-likeness (QED) is 0.766. The number of rotatable bonds is 5. The third kappa shape index (κ3) is 3.43. The second-order valence-corrected chi connectivity index (χ2v) is 4.67. The number of carbonyl (C=O) groups is 1. The fraction of sp³-hybridized carbons (Fsp3) is 0.615. The Kier molecular flexibility index (Phi) is 5.25. The van der Waals surface area contributed by atoms with Gasteiger partial charge in [-0.05, 0) is 6.42 Å². The van der Waals surface area contributed by atoms with Gasteiger partial charge >= 0.3 is 0 Å². The molecule has 0 bridgehead atoms. The average Bonchev–Trinajstić information content (AvgIpc) is 2.52. The van der Waals surface area contributed by atoms with E-state index in [4.69, 9.17) is 10.5 Å². The van der Waals surface area contributed by atoms with E-state index >= 15 is 0 Å². The smallest absolute Gasteiger partial charge is 0.245 e. The van der Waals surface area contributed by atoms with Crippen LogP contribution in [0.4, 0.5) is 5.95 Å². The first-order chi connectivity index (χ1) is 9.76. The molecular formula is C13H21N5O2. The molecule has 0 radical (unpaired) electrons. The Balaban J connectivity index is 2.10. The summed E-state index contributed by atoms with van der Waals surface area (Å²) in [5.74, 6) is 0.500. The van der Waals surface area contributed by atoms with Gasteiger partial charge in [-0.15, -0.1) is 0 Å². The van der Waals surface area contributed by atoms with Gasteiger partial charge in [0.2, 0.25) is 11.9 Å². The molecule has 1 atom stereocenters. The Bertz CT molecular complexity index is 437. The minimum atomic E-state index is -0.376. The van der Waals surface area contributed by atoms with Gasteiger partial charge in [0.05, 0.1) is 13.2 Å². The number of ether oxygens (including phenoxy) is 1. The van der Waals surface area contributed by atoms with Crippen molar-refractivity contribution >= 4 is 11.9 Å². The lowest BCUT2D eigenvalue weighted by Gasteiger charge is -2.34. The molecule has 0 aromatic carbocycles. The van der Waals surface area contributed by atoms with Crippen LogP contribution >= 0.6 is 0 Å².